The standard InChI is InChI=1S/C25H26ClN5O4S/c1-12-7-14(15-9-22(26)28-11-20(15)35-2)16(10-27-12)24(34)31-25-30-18-4-3-13(8-21(18)36-25)23(33)29-17-5-6-19(17)32/h7,9-11,13,17,19,32H,3-6,8H2,1-2H3,(H,29,33)(H,30,31,34)/t13-,17-,19+/m0/s1. The van der Waals surface area contributed by atoms with Crippen molar-refractivity contribution in [2.45, 2.75) is 51.2 Å². The molecule has 0 aliphatic heterocycles. The maximum absolute atomic E-state index is 13.3. The molecule has 5 rings (SSSR count). The van der Waals surface area contributed by atoms with Gasteiger partial charge in [0.2, 0.25) is 5.91 Å². The van der Waals surface area contributed by atoms with Gasteiger partial charge in [0, 0.05) is 33.8 Å². The molecule has 188 valence electrons. The Morgan fingerprint density at radius 1 is 1.17 bits per heavy atom. The lowest BCUT2D eigenvalue weighted by atomic mass is 9.86. The molecule has 2 amide bonds. The first-order valence-corrected chi connectivity index (χ1v) is 13.0. The summed E-state index contributed by atoms with van der Waals surface area (Å²) in [6.07, 6.45) is 6.07. The first kappa shape index (κ1) is 24.6. The Balaban J connectivity index is 1.34. The van der Waals surface area contributed by atoms with Crippen LogP contribution in [0.5, 0.6) is 5.75 Å². The molecule has 36 heavy (non-hydrogen) atoms. The van der Waals surface area contributed by atoms with Crippen LogP contribution in [0, 0.1) is 12.8 Å². The zero-order valence-electron chi connectivity index (χ0n) is 19.9. The number of aromatic nitrogens is 3. The molecule has 3 aromatic rings. The highest BCUT2D eigenvalue weighted by molar-refractivity contribution is 7.15. The molecule has 2 aliphatic carbocycles. The number of rotatable bonds is 6. The third kappa shape index (κ3) is 4.93. The molecule has 3 N–H and O–H groups in total. The van der Waals surface area contributed by atoms with Gasteiger partial charge in [-0.05, 0) is 51.2 Å². The van der Waals surface area contributed by atoms with E-state index in [9.17, 15) is 14.7 Å². The van der Waals surface area contributed by atoms with Crippen LogP contribution < -0.4 is 15.4 Å². The molecular weight excluding hydrogens is 502 g/mol. The second-order valence-corrected chi connectivity index (χ2v) is 10.6. The van der Waals surface area contributed by atoms with Gasteiger partial charge in [-0.15, -0.1) is 11.3 Å². The summed E-state index contributed by atoms with van der Waals surface area (Å²) in [6, 6.07) is 3.32. The summed E-state index contributed by atoms with van der Waals surface area (Å²) >= 11 is 7.52. The van der Waals surface area contributed by atoms with E-state index in [-0.39, 0.29) is 28.9 Å². The number of nitrogens with one attached hydrogen (secondary N) is 2. The third-order valence-electron chi connectivity index (χ3n) is 6.73. The van der Waals surface area contributed by atoms with Crippen LogP contribution >= 0.6 is 22.9 Å². The van der Waals surface area contributed by atoms with E-state index in [2.05, 4.69) is 25.6 Å². The minimum absolute atomic E-state index is 0.0243. The number of carbonyl (C=O) groups excluding carboxylic acids is 2. The van der Waals surface area contributed by atoms with Crippen molar-refractivity contribution in [3.63, 3.8) is 0 Å². The number of methoxy groups -OCH3 is 1. The van der Waals surface area contributed by atoms with E-state index >= 15 is 0 Å². The summed E-state index contributed by atoms with van der Waals surface area (Å²) in [6.45, 7) is 1.84. The van der Waals surface area contributed by atoms with Crippen LogP contribution in [0.2, 0.25) is 5.15 Å². The zero-order chi connectivity index (χ0) is 25.4. The van der Waals surface area contributed by atoms with Gasteiger partial charge in [0.1, 0.15) is 10.9 Å². The summed E-state index contributed by atoms with van der Waals surface area (Å²) in [5, 5.41) is 16.4. The van der Waals surface area contributed by atoms with Crippen LogP contribution in [0.25, 0.3) is 11.1 Å². The number of ether oxygens (including phenoxy) is 1. The number of aryl methyl sites for hydroxylation is 2. The molecule has 3 aromatic heterocycles. The molecule has 0 aromatic carbocycles. The van der Waals surface area contributed by atoms with Crippen molar-refractivity contribution in [2.24, 2.45) is 5.92 Å². The van der Waals surface area contributed by atoms with E-state index in [1.807, 2.05) is 6.92 Å². The van der Waals surface area contributed by atoms with E-state index in [0.717, 1.165) is 29.1 Å². The fourth-order valence-corrected chi connectivity index (χ4v) is 5.76. The topological polar surface area (TPSA) is 126 Å². The van der Waals surface area contributed by atoms with Gasteiger partial charge < -0.3 is 15.2 Å². The number of carbonyl (C=O) groups is 2. The number of thiazole rings is 1. The molecule has 11 heteroatoms. The van der Waals surface area contributed by atoms with E-state index in [1.54, 1.807) is 12.1 Å². The predicted molar refractivity (Wildman–Crippen MR) is 137 cm³/mol. The van der Waals surface area contributed by atoms with Gasteiger partial charge in [0.05, 0.1) is 36.7 Å². The molecule has 1 fully saturated rings. The van der Waals surface area contributed by atoms with Crippen LogP contribution in [-0.4, -0.2) is 51.1 Å². The predicted octanol–water partition coefficient (Wildman–Crippen LogP) is 3.57. The third-order valence-corrected chi connectivity index (χ3v) is 7.97. The van der Waals surface area contributed by atoms with Gasteiger partial charge in [0.15, 0.2) is 5.13 Å². The Morgan fingerprint density at radius 2 is 2.00 bits per heavy atom. The normalized spacial score (nSPS) is 20.7. The molecule has 3 heterocycles. The molecule has 1 saturated carbocycles. The first-order valence-electron chi connectivity index (χ1n) is 11.8. The van der Waals surface area contributed by atoms with Gasteiger partial charge >= 0.3 is 0 Å². The highest BCUT2D eigenvalue weighted by atomic mass is 35.5. The highest BCUT2D eigenvalue weighted by Crippen LogP contribution is 2.36. The monoisotopic (exact) mass is 527 g/mol. The Bertz CT molecular complexity index is 1330. The molecule has 0 unspecified atom stereocenters. The minimum Gasteiger partial charge on any atom is -0.494 e. The van der Waals surface area contributed by atoms with Gasteiger partial charge in [-0.25, -0.2) is 9.97 Å². The van der Waals surface area contributed by atoms with Crippen molar-refractivity contribution >= 4 is 39.9 Å². The van der Waals surface area contributed by atoms with Crippen molar-refractivity contribution < 1.29 is 19.4 Å². The number of fused-ring (bicyclic) bond motifs is 1. The highest BCUT2D eigenvalue weighted by Gasteiger charge is 2.34. The number of nitrogens with zero attached hydrogens (tertiary/aromatic N) is 3. The molecule has 0 saturated heterocycles. The number of hydrogen-bond donors (Lipinski definition) is 3. The van der Waals surface area contributed by atoms with Crippen LogP contribution in [0.4, 0.5) is 5.13 Å². The number of hydrogen-bond acceptors (Lipinski definition) is 8. The molecular formula is C25H26ClN5O4S. The molecule has 2 aliphatic rings. The average molecular weight is 528 g/mol. The number of aliphatic hydroxyl groups excluding tert-OH is 1. The minimum atomic E-state index is -0.442. The number of anilines is 1. The van der Waals surface area contributed by atoms with E-state index < -0.39 is 6.10 Å². The van der Waals surface area contributed by atoms with Gasteiger partial charge in [-0.1, -0.05) is 11.6 Å². The van der Waals surface area contributed by atoms with Crippen LogP contribution in [0.3, 0.4) is 0 Å². The lowest BCUT2D eigenvalue weighted by Gasteiger charge is -2.34. The Kier molecular flexibility index (Phi) is 6.92. The quantitative estimate of drug-likeness (QED) is 0.418. The van der Waals surface area contributed by atoms with Gasteiger partial charge in [-0.3, -0.25) is 19.9 Å². The molecule has 0 spiro atoms. The lowest BCUT2D eigenvalue weighted by Crippen LogP contribution is -2.52. The second kappa shape index (κ2) is 10.1. The number of aliphatic hydroxyl groups is 1. The maximum Gasteiger partial charge on any atom is 0.259 e. The summed E-state index contributed by atoms with van der Waals surface area (Å²) in [7, 11) is 1.53. The fourth-order valence-electron chi connectivity index (χ4n) is 4.52. The number of pyridine rings is 2. The number of halogens is 1. The van der Waals surface area contributed by atoms with Crippen molar-refractivity contribution in [1.29, 1.82) is 0 Å². The van der Waals surface area contributed by atoms with Crippen molar-refractivity contribution in [1.82, 2.24) is 20.3 Å². The molecule has 0 bridgehead atoms. The smallest absolute Gasteiger partial charge is 0.259 e. The lowest BCUT2D eigenvalue weighted by molar-refractivity contribution is -0.128. The van der Waals surface area contributed by atoms with Crippen molar-refractivity contribution in [3.05, 3.63) is 51.5 Å². The largest absolute Gasteiger partial charge is 0.494 e. The van der Waals surface area contributed by atoms with E-state index in [1.165, 1.54) is 30.8 Å². The van der Waals surface area contributed by atoms with Crippen LogP contribution in [0.15, 0.2) is 24.5 Å². The molecule has 0 radical (unpaired) electrons. The molecule has 9 nitrogen and oxygen atoms in total. The first-order chi connectivity index (χ1) is 17.3. The Labute approximate surface area is 217 Å². The zero-order valence-corrected chi connectivity index (χ0v) is 21.4. The van der Waals surface area contributed by atoms with Gasteiger partial charge in [0.25, 0.3) is 5.91 Å². The second-order valence-electron chi connectivity index (χ2n) is 9.12. The van der Waals surface area contributed by atoms with Crippen molar-refractivity contribution in [3.8, 4) is 16.9 Å². The Morgan fingerprint density at radius 3 is 2.72 bits per heavy atom. The maximum atomic E-state index is 13.3. The van der Waals surface area contributed by atoms with Crippen LogP contribution in [0.1, 0.15) is 45.9 Å². The average Bonchev–Trinajstić information content (AvgIpc) is 3.27. The van der Waals surface area contributed by atoms with Gasteiger partial charge in [-0.2, -0.15) is 0 Å². The SMILES string of the molecule is COc1cnc(Cl)cc1-c1cc(C)ncc1C(=O)Nc1nc2c(s1)C[C@@H](C(=O)N[C@H]1CC[C@H]1O)CC2. The van der Waals surface area contributed by atoms with Crippen molar-refractivity contribution in [2.75, 3.05) is 12.4 Å². The summed E-state index contributed by atoms with van der Waals surface area (Å²) < 4.78 is 5.44. The van der Waals surface area contributed by atoms with Crippen LogP contribution in [-0.2, 0) is 17.6 Å². The summed E-state index contributed by atoms with van der Waals surface area (Å²) in [5.74, 6) is -0.0517. The summed E-state index contributed by atoms with van der Waals surface area (Å²) in [4.78, 5) is 40.0. The molecule has 3 atom stereocenters. The Hall–Kier alpha value is -3.08. The van der Waals surface area contributed by atoms with E-state index in [4.69, 9.17) is 16.3 Å². The summed E-state index contributed by atoms with van der Waals surface area (Å²) in [5.41, 5.74) is 3.26. The van der Waals surface area contributed by atoms with E-state index in [0.29, 0.717) is 46.8 Å². The number of amides is 2. The fraction of sp³-hybridized carbons (Fsp3) is 0.400.